The van der Waals surface area contributed by atoms with Crippen molar-refractivity contribution < 1.29 is 14.6 Å². The fraction of sp³-hybridized carbons (Fsp3) is 0.611. The summed E-state index contributed by atoms with van der Waals surface area (Å²) in [6, 6.07) is 3.57. The summed E-state index contributed by atoms with van der Waals surface area (Å²) >= 11 is 0. The van der Waals surface area contributed by atoms with Crippen LogP contribution < -0.4 is 4.74 Å². The van der Waals surface area contributed by atoms with Gasteiger partial charge in [-0.05, 0) is 29.4 Å². The monoisotopic (exact) mass is 292 g/mol. The van der Waals surface area contributed by atoms with Gasteiger partial charge in [0.15, 0.2) is 0 Å². The number of ether oxygens (including phenoxy) is 1. The van der Waals surface area contributed by atoms with Gasteiger partial charge < -0.3 is 9.84 Å². The van der Waals surface area contributed by atoms with Gasteiger partial charge in [0.2, 0.25) is 0 Å². The van der Waals surface area contributed by atoms with Crippen molar-refractivity contribution in [3.8, 4) is 11.5 Å². The lowest BCUT2D eigenvalue weighted by Gasteiger charge is -2.29. The molecule has 0 aromatic heterocycles. The summed E-state index contributed by atoms with van der Waals surface area (Å²) in [4.78, 5) is 11.6. The van der Waals surface area contributed by atoms with E-state index in [4.69, 9.17) is 4.74 Å². The molecule has 118 valence electrons. The van der Waals surface area contributed by atoms with E-state index < -0.39 is 0 Å². The van der Waals surface area contributed by atoms with Crippen molar-refractivity contribution in [2.75, 3.05) is 0 Å². The lowest BCUT2D eigenvalue weighted by Crippen LogP contribution is -2.20. The summed E-state index contributed by atoms with van der Waals surface area (Å²) in [7, 11) is 0. The van der Waals surface area contributed by atoms with Gasteiger partial charge in [0, 0.05) is 17.5 Å². The second-order valence-corrected chi connectivity index (χ2v) is 7.18. The topological polar surface area (TPSA) is 46.5 Å². The minimum absolute atomic E-state index is 0.182. The maximum atomic E-state index is 11.6. The van der Waals surface area contributed by atoms with E-state index in [2.05, 4.69) is 20.8 Å². The highest BCUT2D eigenvalue weighted by atomic mass is 16.5. The van der Waals surface area contributed by atoms with Crippen molar-refractivity contribution in [3.63, 3.8) is 0 Å². The number of carbonyl (C=O) groups is 1. The highest BCUT2D eigenvalue weighted by molar-refractivity contribution is 5.72. The molecule has 0 aliphatic carbocycles. The van der Waals surface area contributed by atoms with Crippen molar-refractivity contribution in [1.82, 2.24) is 0 Å². The molecular weight excluding hydrogens is 264 g/mol. The van der Waals surface area contributed by atoms with E-state index in [9.17, 15) is 9.90 Å². The number of carbonyl (C=O) groups excluding carboxylic acids is 1. The van der Waals surface area contributed by atoms with Crippen molar-refractivity contribution in [3.05, 3.63) is 23.3 Å². The summed E-state index contributed by atoms with van der Waals surface area (Å²) in [6.45, 7) is 14.1. The van der Waals surface area contributed by atoms with Crippen LogP contribution in [0, 0.1) is 0 Å². The molecule has 0 radical (unpaired) electrons. The normalized spacial score (nSPS) is 12.3. The summed E-state index contributed by atoms with van der Waals surface area (Å²) in [5, 5.41) is 10.7. The Morgan fingerprint density at radius 3 is 2.05 bits per heavy atom. The molecule has 0 atom stereocenters. The Kier molecular flexibility index (Phi) is 5.08. The highest BCUT2D eigenvalue weighted by Gasteiger charge is 2.29. The molecule has 0 saturated heterocycles. The third kappa shape index (κ3) is 3.99. The first-order chi connectivity index (χ1) is 9.52. The molecule has 0 fully saturated rings. The number of esters is 1. The molecule has 0 aliphatic heterocycles. The molecule has 1 aromatic carbocycles. The van der Waals surface area contributed by atoms with Crippen LogP contribution in [0.5, 0.6) is 11.5 Å². The Bertz CT molecular complexity index is 522. The van der Waals surface area contributed by atoms with Gasteiger partial charge in [-0.25, -0.2) is 0 Å². The van der Waals surface area contributed by atoms with Crippen LogP contribution in [0.4, 0.5) is 0 Å². The van der Waals surface area contributed by atoms with Crippen LogP contribution in [0.15, 0.2) is 12.1 Å². The second-order valence-electron chi connectivity index (χ2n) is 7.18. The zero-order valence-electron chi connectivity index (χ0n) is 14.3. The summed E-state index contributed by atoms with van der Waals surface area (Å²) in [5.41, 5.74) is 1.23. The third-order valence-electron chi connectivity index (χ3n) is 4.02. The zero-order chi connectivity index (χ0) is 16.4. The molecule has 1 N–H and O–H groups in total. The van der Waals surface area contributed by atoms with E-state index in [0.29, 0.717) is 17.9 Å². The number of rotatable bonds is 4. The van der Waals surface area contributed by atoms with Gasteiger partial charge in [-0.2, -0.15) is 0 Å². The number of hydrogen-bond donors (Lipinski definition) is 1. The molecule has 0 amide bonds. The van der Waals surface area contributed by atoms with E-state index in [1.54, 1.807) is 19.1 Å². The van der Waals surface area contributed by atoms with Crippen molar-refractivity contribution in [1.29, 1.82) is 0 Å². The van der Waals surface area contributed by atoms with Gasteiger partial charge in [-0.1, -0.05) is 48.5 Å². The Labute approximate surface area is 128 Å². The van der Waals surface area contributed by atoms with E-state index in [1.165, 1.54) is 0 Å². The number of phenols is 1. The summed E-state index contributed by atoms with van der Waals surface area (Å²) in [6.07, 6.45) is 1.22. The predicted molar refractivity (Wildman–Crippen MR) is 86.0 cm³/mol. The molecule has 0 unspecified atom stereocenters. The number of aromatic hydroxyl groups is 1. The smallest absolute Gasteiger partial charge is 0.310 e. The molecule has 0 bridgehead atoms. The Morgan fingerprint density at radius 1 is 1.10 bits per heavy atom. The second kappa shape index (κ2) is 6.08. The molecule has 0 saturated carbocycles. The van der Waals surface area contributed by atoms with Crippen molar-refractivity contribution in [2.24, 2.45) is 0 Å². The maximum Gasteiger partial charge on any atom is 0.310 e. The molecule has 3 nitrogen and oxygen atoms in total. The van der Waals surface area contributed by atoms with Crippen LogP contribution in [0.1, 0.15) is 72.4 Å². The van der Waals surface area contributed by atoms with Crippen LogP contribution in [-0.4, -0.2) is 11.1 Å². The fourth-order valence-corrected chi connectivity index (χ4v) is 2.15. The number of hydrogen-bond acceptors (Lipinski definition) is 3. The molecule has 1 aromatic rings. The largest absolute Gasteiger partial charge is 0.507 e. The summed E-state index contributed by atoms with van der Waals surface area (Å²) in [5.74, 6) is 0.563. The molecule has 3 heteroatoms. The van der Waals surface area contributed by atoms with E-state index in [0.717, 1.165) is 17.5 Å². The van der Waals surface area contributed by atoms with Crippen LogP contribution >= 0.6 is 0 Å². The van der Waals surface area contributed by atoms with E-state index >= 15 is 0 Å². The van der Waals surface area contributed by atoms with Crippen LogP contribution in [0.3, 0.4) is 0 Å². The first-order valence-corrected chi connectivity index (χ1v) is 7.61. The van der Waals surface area contributed by atoms with E-state index in [1.807, 2.05) is 20.8 Å². The van der Waals surface area contributed by atoms with Crippen LogP contribution in [-0.2, 0) is 15.6 Å². The summed E-state index contributed by atoms with van der Waals surface area (Å²) < 4.78 is 5.38. The SMILES string of the molecule is CCC(=O)Oc1cc(C(C)(C)C)c(O)c(C(C)(C)CC)c1. The molecule has 0 aliphatic rings. The van der Waals surface area contributed by atoms with Gasteiger partial charge in [-0.15, -0.1) is 0 Å². The zero-order valence-corrected chi connectivity index (χ0v) is 14.3. The Hall–Kier alpha value is -1.51. The number of benzene rings is 1. The van der Waals surface area contributed by atoms with Crippen LogP contribution in [0.25, 0.3) is 0 Å². The van der Waals surface area contributed by atoms with Gasteiger partial charge >= 0.3 is 5.97 Å². The van der Waals surface area contributed by atoms with Gasteiger partial charge in [0.1, 0.15) is 11.5 Å². The van der Waals surface area contributed by atoms with Gasteiger partial charge in [-0.3, -0.25) is 4.79 Å². The van der Waals surface area contributed by atoms with E-state index in [-0.39, 0.29) is 16.8 Å². The first kappa shape index (κ1) is 17.5. The number of phenolic OH excluding ortho intramolecular Hbond substituents is 1. The van der Waals surface area contributed by atoms with Crippen molar-refractivity contribution >= 4 is 5.97 Å². The standard InChI is InChI=1S/C18H28O3/c1-8-15(19)21-12-10-13(17(3,4)5)16(20)14(11-12)18(6,7)9-2/h10-11,20H,8-9H2,1-7H3. The fourth-order valence-electron chi connectivity index (χ4n) is 2.15. The van der Waals surface area contributed by atoms with Gasteiger partial charge in [0.25, 0.3) is 0 Å². The first-order valence-electron chi connectivity index (χ1n) is 7.61. The Balaban J connectivity index is 3.50. The minimum atomic E-state index is -0.263. The highest BCUT2D eigenvalue weighted by Crippen LogP contribution is 2.42. The molecular formula is C18H28O3. The molecule has 21 heavy (non-hydrogen) atoms. The molecule has 1 rings (SSSR count). The maximum absolute atomic E-state index is 11.6. The lowest BCUT2D eigenvalue weighted by molar-refractivity contribution is -0.134. The van der Waals surface area contributed by atoms with Gasteiger partial charge in [0.05, 0.1) is 0 Å². The molecule has 0 heterocycles. The predicted octanol–water partition coefficient (Wildman–Crippen LogP) is 4.69. The van der Waals surface area contributed by atoms with Crippen LogP contribution in [0.2, 0.25) is 0 Å². The van der Waals surface area contributed by atoms with Crippen molar-refractivity contribution in [2.45, 2.75) is 72.1 Å². The molecule has 0 spiro atoms. The Morgan fingerprint density at radius 2 is 1.62 bits per heavy atom. The average molecular weight is 292 g/mol. The average Bonchev–Trinajstić information content (AvgIpc) is 2.38. The minimum Gasteiger partial charge on any atom is -0.507 e. The third-order valence-corrected chi connectivity index (χ3v) is 4.02. The lowest BCUT2D eigenvalue weighted by atomic mass is 9.77. The quantitative estimate of drug-likeness (QED) is 0.646.